The summed E-state index contributed by atoms with van der Waals surface area (Å²) in [5.41, 5.74) is 3.16. The number of carbonyl (C=O) groups is 1. The van der Waals surface area contributed by atoms with Gasteiger partial charge in [-0.25, -0.2) is 4.79 Å². The summed E-state index contributed by atoms with van der Waals surface area (Å²) in [6.45, 7) is 6.71. The molecule has 0 aromatic heterocycles. The number of rotatable bonds is 14. The molecule has 0 unspecified atom stereocenters. The van der Waals surface area contributed by atoms with Gasteiger partial charge in [-0.1, -0.05) is 121 Å². The highest BCUT2D eigenvalue weighted by molar-refractivity contribution is 5.68. The molecular formula is C40H47NO7. The summed E-state index contributed by atoms with van der Waals surface area (Å²) in [5.74, 6) is -0.530. The van der Waals surface area contributed by atoms with Crippen LogP contribution in [0.1, 0.15) is 43.0 Å². The highest BCUT2D eigenvalue weighted by atomic mass is 16.6. The second-order valence-corrected chi connectivity index (χ2v) is 13.1. The van der Waals surface area contributed by atoms with Gasteiger partial charge in [0.15, 0.2) is 0 Å². The third-order valence-corrected chi connectivity index (χ3v) is 8.20. The fraction of sp³-hybridized carbons (Fsp3) is 0.375. The summed E-state index contributed by atoms with van der Waals surface area (Å²) >= 11 is 0. The van der Waals surface area contributed by atoms with E-state index in [1.807, 2.05) is 121 Å². The molecule has 6 atom stereocenters. The molecule has 0 radical (unpaired) electrons. The number of aliphatic hydroxyl groups is 1. The molecule has 4 aromatic carbocycles. The van der Waals surface area contributed by atoms with Crippen molar-refractivity contribution in [2.45, 2.75) is 83.3 Å². The van der Waals surface area contributed by atoms with Crippen LogP contribution < -0.4 is 5.32 Å². The number of amides is 1. The fourth-order valence-corrected chi connectivity index (χ4v) is 5.91. The van der Waals surface area contributed by atoms with Gasteiger partial charge in [0.05, 0.1) is 45.2 Å². The number of benzene rings is 4. The zero-order chi connectivity index (χ0) is 33.8. The maximum atomic E-state index is 13.3. The monoisotopic (exact) mass is 653 g/mol. The number of hydrogen-bond acceptors (Lipinski definition) is 7. The number of carbonyl (C=O) groups excluding carboxylic acids is 1. The van der Waals surface area contributed by atoms with Gasteiger partial charge in [0, 0.05) is 5.92 Å². The summed E-state index contributed by atoms with van der Waals surface area (Å²) in [4.78, 5) is 13.3. The molecule has 1 saturated carbocycles. The molecule has 0 bridgehead atoms. The van der Waals surface area contributed by atoms with Gasteiger partial charge < -0.3 is 34.1 Å². The zero-order valence-electron chi connectivity index (χ0n) is 27.9. The van der Waals surface area contributed by atoms with Crippen molar-refractivity contribution in [3.63, 3.8) is 0 Å². The third kappa shape index (κ3) is 10.5. The molecule has 2 N–H and O–H groups in total. The first kappa shape index (κ1) is 35.3. The Morgan fingerprint density at radius 3 is 1.44 bits per heavy atom. The highest BCUT2D eigenvalue weighted by Gasteiger charge is 2.53. The molecule has 8 heteroatoms. The van der Waals surface area contributed by atoms with Crippen LogP contribution >= 0.6 is 0 Å². The molecule has 8 nitrogen and oxygen atoms in total. The highest BCUT2D eigenvalue weighted by Crippen LogP contribution is 2.35. The molecule has 254 valence electrons. The van der Waals surface area contributed by atoms with Crippen molar-refractivity contribution in [3.05, 3.63) is 144 Å². The largest absolute Gasteiger partial charge is 0.444 e. The molecule has 1 aliphatic carbocycles. The molecule has 0 saturated heterocycles. The quantitative estimate of drug-likeness (QED) is 0.154. The second-order valence-electron chi connectivity index (χ2n) is 13.1. The van der Waals surface area contributed by atoms with E-state index in [9.17, 15) is 9.90 Å². The molecule has 1 fully saturated rings. The lowest BCUT2D eigenvalue weighted by atomic mass is 9.76. The number of hydrogen-bond donors (Lipinski definition) is 2. The standard InChI is InChI=1S/C40H47NO7/c1-40(2,3)48-39(43)41-34-33(28-44-24-29-16-8-4-9-17-29)36(45-25-30-18-10-5-11-19-30)38(47-27-32-22-14-7-15-23-32)37(35(34)42)46-26-31-20-12-6-13-21-31/h4-23,33-38,42H,24-28H2,1-3H3,(H,41,43)/t33-,34-,35+,36+,37-,38-/m0/s1. The second kappa shape index (κ2) is 17.4. The van der Waals surface area contributed by atoms with E-state index in [1.165, 1.54) is 0 Å². The van der Waals surface area contributed by atoms with Gasteiger partial charge in [-0.05, 0) is 43.0 Å². The Balaban J connectivity index is 1.49. The van der Waals surface area contributed by atoms with Gasteiger partial charge in [-0.15, -0.1) is 0 Å². The predicted octanol–water partition coefficient (Wildman–Crippen LogP) is 6.84. The molecule has 0 spiro atoms. The van der Waals surface area contributed by atoms with Crippen LogP contribution in [0.4, 0.5) is 4.79 Å². The zero-order valence-corrected chi connectivity index (χ0v) is 27.9. The van der Waals surface area contributed by atoms with E-state index in [-0.39, 0.29) is 26.4 Å². The van der Waals surface area contributed by atoms with Gasteiger partial charge in [0.2, 0.25) is 0 Å². The first-order chi connectivity index (χ1) is 23.3. The predicted molar refractivity (Wildman–Crippen MR) is 184 cm³/mol. The van der Waals surface area contributed by atoms with Crippen LogP contribution in [0.3, 0.4) is 0 Å². The number of aliphatic hydroxyl groups excluding tert-OH is 1. The van der Waals surface area contributed by atoms with Crippen LogP contribution in [0.2, 0.25) is 0 Å². The topological polar surface area (TPSA) is 95.5 Å². The summed E-state index contributed by atoms with van der Waals surface area (Å²) in [6, 6.07) is 38.5. The van der Waals surface area contributed by atoms with Crippen molar-refractivity contribution in [1.82, 2.24) is 5.32 Å². The minimum absolute atomic E-state index is 0.169. The Labute approximate surface area is 284 Å². The van der Waals surface area contributed by atoms with Crippen molar-refractivity contribution < 1.29 is 33.6 Å². The lowest BCUT2D eigenvalue weighted by Crippen LogP contribution is -2.68. The average molecular weight is 654 g/mol. The van der Waals surface area contributed by atoms with E-state index in [0.717, 1.165) is 22.3 Å². The van der Waals surface area contributed by atoms with Crippen LogP contribution in [-0.4, -0.2) is 53.9 Å². The van der Waals surface area contributed by atoms with Gasteiger partial charge in [-0.3, -0.25) is 0 Å². The maximum Gasteiger partial charge on any atom is 0.407 e. The van der Waals surface area contributed by atoms with Crippen LogP contribution in [0.15, 0.2) is 121 Å². The SMILES string of the molecule is CC(C)(C)OC(=O)N[C@@H]1[C@@H](O)[C@H](OCc2ccccc2)[C@@H](OCc2ccccc2)[C@H](OCc2ccccc2)[C@H]1COCc1ccccc1. The molecule has 48 heavy (non-hydrogen) atoms. The van der Waals surface area contributed by atoms with Crippen LogP contribution in [0.25, 0.3) is 0 Å². The maximum absolute atomic E-state index is 13.3. The van der Waals surface area contributed by atoms with Crippen molar-refractivity contribution in [1.29, 1.82) is 0 Å². The van der Waals surface area contributed by atoms with E-state index < -0.39 is 48.1 Å². The first-order valence-corrected chi connectivity index (χ1v) is 16.5. The van der Waals surface area contributed by atoms with Crippen LogP contribution in [-0.2, 0) is 50.1 Å². The van der Waals surface area contributed by atoms with E-state index in [2.05, 4.69) is 5.32 Å². The molecule has 4 aromatic rings. The number of nitrogens with one attached hydrogen (secondary N) is 1. The Bertz CT molecular complexity index is 1500. The summed E-state index contributed by atoms with van der Waals surface area (Å²) in [5, 5.41) is 15.1. The fourth-order valence-electron chi connectivity index (χ4n) is 5.91. The van der Waals surface area contributed by atoms with E-state index in [4.69, 9.17) is 23.7 Å². The smallest absolute Gasteiger partial charge is 0.407 e. The van der Waals surface area contributed by atoms with Gasteiger partial charge in [0.1, 0.15) is 23.9 Å². The minimum Gasteiger partial charge on any atom is -0.444 e. The van der Waals surface area contributed by atoms with Gasteiger partial charge in [0.25, 0.3) is 0 Å². The first-order valence-electron chi connectivity index (χ1n) is 16.5. The van der Waals surface area contributed by atoms with Gasteiger partial charge >= 0.3 is 6.09 Å². The lowest BCUT2D eigenvalue weighted by molar-refractivity contribution is -0.233. The van der Waals surface area contributed by atoms with Gasteiger partial charge in [-0.2, -0.15) is 0 Å². The van der Waals surface area contributed by atoms with Crippen LogP contribution in [0, 0.1) is 5.92 Å². The summed E-state index contributed by atoms with van der Waals surface area (Å²) < 4.78 is 31.9. The Kier molecular flexibility index (Phi) is 12.8. The van der Waals surface area contributed by atoms with E-state index in [1.54, 1.807) is 20.8 Å². The van der Waals surface area contributed by atoms with Crippen molar-refractivity contribution in [3.8, 4) is 0 Å². The molecule has 1 amide bonds. The lowest BCUT2D eigenvalue weighted by Gasteiger charge is -2.49. The molecular weight excluding hydrogens is 606 g/mol. The van der Waals surface area contributed by atoms with E-state index >= 15 is 0 Å². The average Bonchev–Trinajstić information content (AvgIpc) is 3.09. The molecule has 0 heterocycles. The van der Waals surface area contributed by atoms with Crippen molar-refractivity contribution >= 4 is 6.09 Å². The Morgan fingerprint density at radius 2 is 1.00 bits per heavy atom. The minimum atomic E-state index is -1.18. The number of alkyl carbamates (subject to hydrolysis) is 1. The summed E-state index contributed by atoms with van der Waals surface area (Å²) in [6.07, 6.45) is -4.04. The Morgan fingerprint density at radius 1 is 0.604 bits per heavy atom. The number of ether oxygens (including phenoxy) is 5. The van der Waals surface area contributed by atoms with Crippen LogP contribution in [0.5, 0.6) is 0 Å². The summed E-state index contributed by atoms with van der Waals surface area (Å²) in [7, 11) is 0. The van der Waals surface area contributed by atoms with Crippen molar-refractivity contribution in [2.24, 2.45) is 5.92 Å². The molecule has 1 aliphatic rings. The third-order valence-electron chi connectivity index (χ3n) is 8.20. The van der Waals surface area contributed by atoms with Crippen molar-refractivity contribution in [2.75, 3.05) is 6.61 Å². The van der Waals surface area contributed by atoms with E-state index in [0.29, 0.717) is 6.61 Å². The molecule has 0 aliphatic heterocycles. The Hall–Kier alpha value is -4.05. The normalized spacial score (nSPS) is 22.6. The molecule has 5 rings (SSSR count).